The van der Waals surface area contributed by atoms with Crippen LogP contribution in [0.25, 0.3) is 11.4 Å². The number of alkyl halides is 3. The number of hydrogen-bond donors (Lipinski definition) is 0. The number of halogens is 3. The van der Waals surface area contributed by atoms with Crippen molar-refractivity contribution < 1.29 is 17.7 Å². The van der Waals surface area contributed by atoms with E-state index in [2.05, 4.69) is 27.3 Å². The Morgan fingerprint density at radius 1 is 1.16 bits per heavy atom. The lowest BCUT2D eigenvalue weighted by Crippen LogP contribution is -2.12. The summed E-state index contributed by atoms with van der Waals surface area (Å²) in [6, 6.07) is 7.77. The molecule has 0 unspecified atom stereocenters. The summed E-state index contributed by atoms with van der Waals surface area (Å²) in [5.74, 6) is -0.107. The molecule has 6 nitrogen and oxygen atoms in total. The van der Waals surface area contributed by atoms with Gasteiger partial charge in [-0.25, -0.2) is 0 Å². The first-order valence-electron chi connectivity index (χ1n) is 7.39. The van der Waals surface area contributed by atoms with Crippen LogP contribution in [0.15, 0.2) is 33.9 Å². The Bertz CT molecular complexity index is 857. The Morgan fingerprint density at radius 3 is 2.48 bits per heavy atom. The fourth-order valence-electron chi connectivity index (χ4n) is 2.13. The molecule has 0 aliphatic rings. The van der Waals surface area contributed by atoms with Crippen molar-refractivity contribution in [2.45, 2.75) is 30.4 Å². The van der Waals surface area contributed by atoms with E-state index in [9.17, 15) is 13.2 Å². The van der Waals surface area contributed by atoms with Gasteiger partial charge < -0.3 is 9.09 Å². The van der Waals surface area contributed by atoms with Crippen LogP contribution in [-0.2, 0) is 25.4 Å². The molecule has 3 aromatic rings. The Hall–Kier alpha value is -2.36. The second-order valence-corrected chi connectivity index (χ2v) is 6.16. The molecule has 25 heavy (non-hydrogen) atoms. The van der Waals surface area contributed by atoms with Gasteiger partial charge in [-0.05, 0) is 12.0 Å². The first kappa shape index (κ1) is 17.5. The maximum absolute atomic E-state index is 12.7. The normalized spacial score (nSPS) is 11.9. The number of rotatable bonds is 5. The van der Waals surface area contributed by atoms with Crippen molar-refractivity contribution in [3.05, 3.63) is 41.5 Å². The zero-order chi connectivity index (χ0) is 18.0. The maximum Gasteiger partial charge on any atom is 0.451 e. The summed E-state index contributed by atoms with van der Waals surface area (Å²) in [6.45, 7) is 2.06. The molecule has 0 atom stereocenters. The Labute approximate surface area is 145 Å². The van der Waals surface area contributed by atoms with Gasteiger partial charge in [-0.15, -0.1) is 10.2 Å². The van der Waals surface area contributed by atoms with Gasteiger partial charge in [-0.3, -0.25) is 0 Å². The summed E-state index contributed by atoms with van der Waals surface area (Å²) in [4.78, 5) is 4.26. The number of nitrogens with zero attached hydrogens (tertiary/aromatic N) is 5. The fraction of sp³-hybridized carbons (Fsp3) is 0.333. The third kappa shape index (κ3) is 3.84. The van der Waals surface area contributed by atoms with Crippen LogP contribution in [0, 0.1) is 0 Å². The molecule has 0 saturated carbocycles. The van der Waals surface area contributed by atoms with E-state index >= 15 is 0 Å². The van der Waals surface area contributed by atoms with Crippen molar-refractivity contribution in [3.63, 3.8) is 0 Å². The van der Waals surface area contributed by atoms with E-state index in [1.54, 1.807) is 0 Å². The summed E-state index contributed by atoms with van der Waals surface area (Å²) in [5.41, 5.74) is 2.01. The molecule has 2 aromatic heterocycles. The summed E-state index contributed by atoms with van der Waals surface area (Å²) < 4.78 is 44.1. The highest BCUT2D eigenvalue weighted by atomic mass is 32.2. The first-order valence-corrected chi connectivity index (χ1v) is 8.38. The lowest BCUT2D eigenvalue weighted by atomic mass is 10.1. The Morgan fingerprint density at radius 2 is 1.88 bits per heavy atom. The topological polar surface area (TPSA) is 69.6 Å². The SMILES string of the molecule is CCc1ccc(-c2noc(CSc3nnc(C(F)(F)F)n3C)n2)cc1. The van der Waals surface area contributed by atoms with E-state index in [-0.39, 0.29) is 10.9 Å². The van der Waals surface area contributed by atoms with Gasteiger partial charge in [0.05, 0.1) is 5.75 Å². The number of aryl methyl sites for hydroxylation is 1. The Balaban J connectivity index is 1.69. The van der Waals surface area contributed by atoms with Crippen LogP contribution < -0.4 is 0 Å². The quantitative estimate of drug-likeness (QED) is 0.638. The van der Waals surface area contributed by atoms with Crippen molar-refractivity contribution >= 4 is 11.8 Å². The van der Waals surface area contributed by atoms with Crippen molar-refractivity contribution in [1.82, 2.24) is 24.9 Å². The molecule has 0 aliphatic heterocycles. The van der Waals surface area contributed by atoms with Crippen molar-refractivity contribution in [2.24, 2.45) is 7.05 Å². The summed E-state index contributed by atoms with van der Waals surface area (Å²) in [7, 11) is 1.26. The average Bonchev–Trinajstić information content (AvgIpc) is 3.19. The molecule has 132 valence electrons. The van der Waals surface area contributed by atoms with Crippen molar-refractivity contribution in [3.8, 4) is 11.4 Å². The number of aromatic nitrogens is 5. The molecule has 0 N–H and O–H groups in total. The highest BCUT2D eigenvalue weighted by molar-refractivity contribution is 7.98. The van der Waals surface area contributed by atoms with Gasteiger partial charge >= 0.3 is 6.18 Å². The van der Waals surface area contributed by atoms with Crippen LogP contribution in [-0.4, -0.2) is 24.9 Å². The zero-order valence-electron chi connectivity index (χ0n) is 13.4. The predicted molar refractivity (Wildman–Crippen MR) is 84.7 cm³/mol. The van der Waals surface area contributed by atoms with Gasteiger partial charge in [0.1, 0.15) is 0 Å². The van der Waals surface area contributed by atoms with E-state index < -0.39 is 12.0 Å². The standard InChI is InChI=1S/C15H14F3N5OS/c1-3-9-4-6-10(7-5-9)12-19-11(24-22-12)8-25-14-21-20-13(23(14)2)15(16,17)18/h4-7H,3,8H2,1-2H3. The molecular weight excluding hydrogens is 355 g/mol. The lowest BCUT2D eigenvalue weighted by molar-refractivity contribution is -0.147. The molecule has 2 heterocycles. The molecule has 0 aliphatic carbocycles. The summed E-state index contributed by atoms with van der Waals surface area (Å²) in [5, 5.41) is 10.7. The number of thioether (sulfide) groups is 1. The third-order valence-electron chi connectivity index (χ3n) is 3.50. The predicted octanol–water partition coefficient (Wildman–Crippen LogP) is 3.74. The molecule has 0 amide bonds. The molecule has 10 heteroatoms. The minimum atomic E-state index is -4.54. The summed E-state index contributed by atoms with van der Waals surface area (Å²) >= 11 is 1.04. The highest BCUT2D eigenvalue weighted by Crippen LogP contribution is 2.30. The third-order valence-corrected chi connectivity index (χ3v) is 4.51. The van der Waals surface area contributed by atoms with E-state index in [1.807, 2.05) is 24.3 Å². The molecule has 1 aromatic carbocycles. The van der Waals surface area contributed by atoms with Gasteiger partial charge in [-0.1, -0.05) is 48.1 Å². The highest BCUT2D eigenvalue weighted by Gasteiger charge is 2.37. The largest absolute Gasteiger partial charge is 0.451 e. The van der Waals surface area contributed by atoms with Gasteiger partial charge in [0.15, 0.2) is 5.16 Å². The molecule has 0 saturated heterocycles. The lowest BCUT2D eigenvalue weighted by Gasteiger charge is -2.05. The van der Waals surface area contributed by atoms with Crippen molar-refractivity contribution in [1.29, 1.82) is 0 Å². The maximum atomic E-state index is 12.7. The zero-order valence-corrected chi connectivity index (χ0v) is 14.2. The molecular formula is C15H14F3N5OS. The van der Waals surface area contributed by atoms with Crippen LogP contribution in [0.4, 0.5) is 13.2 Å². The number of hydrogen-bond acceptors (Lipinski definition) is 6. The van der Waals surface area contributed by atoms with Gasteiger partial charge in [0.25, 0.3) is 0 Å². The van der Waals surface area contributed by atoms with Crippen molar-refractivity contribution in [2.75, 3.05) is 0 Å². The second-order valence-electron chi connectivity index (χ2n) is 5.21. The van der Waals surface area contributed by atoms with Crippen LogP contribution in [0.5, 0.6) is 0 Å². The smallest absolute Gasteiger partial charge is 0.338 e. The fourth-order valence-corrected chi connectivity index (χ4v) is 2.88. The minimum Gasteiger partial charge on any atom is -0.338 e. The van der Waals surface area contributed by atoms with E-state index in [0.717, 1.165) is 28.3 Å². The minimum absolute atomic E-state index is 0.124. The van der Waals surface area contributed by atoms with Gasteiger partial charge in [-0.2, -0.15) is 18.2 Å². The van der Waals surface area contributed by atoms with Crippen LogP contribution in [0.2, 0.25) is 0 Å². The molecule has 0 spiro atoms. The van der Waals surface area contributed by atoms with Crippen LogP contribution in [0.3, 0.4) is 0 Å². The first-order chi connectivity index (χ1) is 11.9. The average molecular weight is 369 g/mol. The number of benzene rings is 1. The van der Waals surface area contributed by atoms with E-state index in [0.29, 0.717) is 11.7 Å². The molecule has 0 fully saturated rings. The van der Waals surface area contributed by atoms with Gasteiger partial charge in [0, 0.05) is 12.6 Å². The monoisotopic (exact) mass is 369 g/mol. The second kappa shape index (κ2) is 6.87. The molecule has 3 rings (SSSR count). The molecule has 0 bridgehead atoms. The van der Waals surface area contributed by atoms with E-state index in [4.69, 9.17) is 4.52 Å². The van der Waals surface area contributed by atoms with Gasteiger partial charge in [0.2, 0.25) is 17.5 Å². The van der Waals surface area contributed by atoms with E-state index in [1.165, 1.54) is 12.6 Å². The summed E-state index contributed by atoms with van der Waals surface area (Å²) in [6.07, 6.45) is -3.60. The van der Waals surface area contributed by atoms with Crippen LogP contribution >= 0.6 is 11.8 Å². The Kier molecular flexibility index (Phi) is 4.80. The molecule has 0 radical (unpaired) electrons. The van der Waals surface area contributed by atoms with Crippen LogP contribution in [0.1, 0.15) is 24.2 Å².